The summed E-state index contributed by atoms with van der Waals surface area (Å²) in [5.74, 6) is 0.0373. The SMILES string of the molecule is CN1Cc2ccccc2C[C@@H]1C(=O)NCc1cn[nH]c1-c1ccc(Cl)cc1. The van der Waals surface area contributed by atoms with Crippen molar-refractivity contribution in [3.8, 4) is 11.3 Å². The van der Waals surface area contributed by atoms with Crippen LogP contribution >= 0.6 is 11.6 Å². The van der Waals surface area contributed by atoms with Gasteiger partial charge >= 0.3 is 0 Å². The van der Waals surface area contributed by atoms with Gasteiger partial charge in [0.25, 0.3) is 0 Å². The number of carbonyl (C=O) groups is 1. The quantitative estimate of drug-likeness (QED) is 0.729. The summed E-state index contributed by atoms with van der Waals surface area (Å²) in [5, 5.41) is 10.9. The lowest BCUT2D eigenvalue weighted by Gasteiger charge is -2.33. The summed E-state index contributed by atoms with van der Waals surface area (Å²) in [6.07, 6.45) is 2.48. The fourth-order valence-corrected chi connectivity index (χ4v) is 3.68. The summed E-state index contributed by atoms with van der Waals surface area (Å²) in [5.41, 5.74) is 5.38. The smallest absolute Gasteiger partial charge is 0.237 e. The van der Waals surface area contributed by atoms with Crippen LogP contribution in [0.4, 0.5) is 0 Å². The number of rotatable bonds is 4. The van der Waals surface area contributed by atoms with E-state index in [4.69, 9.17) is 11.6 Å². The molecule has 0 aliphatic carbocycles. The van der Waals surface area contributed by atoms with E-state index in [-0.39, 0.29) is 11.9 Å². The highest BCUT2D eigenvalue weighted by molar-refractivity contribution is 6.30. The van der Waals surface area contributed by atoms with Crippen molar-refractivity contribution in [3.63, 3.8) is 0 Å². The third-order valence-electron chi connectivity index (χ3n) is 5.09. The van der Waals surface area contributed by atoms with Crippen LogP contribution in [0.3, 0.4) is 0 Å². The van der Waals surface area contributed by atoms with Crippen LogP contribution in [0.15, 0.2) is 54.7 Å². The monoisotopic (exact) mass is 380 g/mol. The molecule has 0 fully saturated rings. The number of hydrogen-bond donors (Lipinski definition) is 2. The lowest BCUT2D eigenvalue weighted by atomic mass is 9.94. The van der Waals surface area contributed by atoms with Gasteiger partial charge in [0.15, 0.2) is 0 Å². The molecule has 5 nitrogen and oxygen atoms in total. The molecule has 1 atom stereocenters. The molecule has 0 radical (unpaired) electrons. The highest BCUT2D eigenvalue weighted by Gasteiger charge is 2.28. The number of aromatic amines is 1. The maximum atomic E-state index is 12.8. The van der Waals surface area contributed by atoms with Gasteiger partial charge in [-0.3, -0.25) is 14.8 Å². The molecule has 3 aromatic rings. The molecular formula is C21H21ClN4O. The van der Waals surface area contributed by atoms with Crippen LogP contribution in [0.2, 0.25) is 5.02 Å². The number of hydrogen-bond acceptors (Lipinski definition) is 3. The zero-order valence-corrected chi connectivity index (χ0v) is 15.8. The first-order chi connectivity index (χ1) is 13.1. The van der Waals surface area contributed by atoms with E-state index in [2.05, 4.69) is 32.5 Å². The van der Waals surface area contributed by atoms with Crippen molar-refractivity contribution in [2.75, 3.05) is 7.05 Å². The van der Waals surface area contributed by atoms with E-state index >= 15 is 0 Å². The molecular weight excluding hydrogens is 360 g/mol. The highest BCUT2D eigenvalue weighted by Crippen LogP contribution is 2.24. The number of likely N-dealkylation sites (N-methyl/N-ethyl adjacent to an activating group) is 1. The molecule has 1 amide bonds. The Bertz CT molecular complexity index is 951. The fourth-order valence-electron chi connectivity index (χ4n) is 3.56. The Morgan fingerprint density at radius 3 is 2.74 bits per heavy atom. The van der Waals surface area contributed by atoms with Crippen molar-refractivity contribution >= 4 is 17.5 Å². The summed E-state index contributed by atoms with van der Waals surface area (Å²) in [7, 11) is 2.00. The molecule has 1 aliphatic heterocycles. The minimum absolute atomic E-state index is 0.0373. The summed E-state index contributed by atoms with van der Waals surface area (Å²) in [6, 6.07) is 15.7. The molecule has 6 heteroatoms. The molecule has 2 heterocycles. The lowest BCUT2D eigenvalue weighted by molar-refractivity contribution is -0.126. The van der Waals surface area contributed by atoms with Crippen molar-refractivity contribution in [2.45, 2.75) is 25.6 Å². The van der Waals surface area contributed by atoms with Gasteiger partial charge in [0.1, 0.15) is 0 Å². The minimum Gasteiger partial charge on any atom is -0.351 e. The van der Waals surface area contributed by atoms with E-state index in [1.807, 2.05) is 43.4 Å². The van der Waals surface area contributed by atoms with Crippen LogP contribution in [-0.2, 0) is 24.3 Å². The minimum atomic E-state index is -0.161. The van der Waals surface area contributed by atoms with E-state index in [0.717, 1.165) is 29.8 Å². The predicted octanol–water partition coefficient (Wildman–Crippen LogP) is 3.40. The van der Waals surface area contributed by atoms with Crippen molar-refractivity contribution in [1.29, 1.82) is 0 Å². The normalized spacial score (nSPS) is 16.7. The van der Waals surface area contributed by atoms with Gasteiger partial charge in [-0.1, -0.05) is 48.0 Å². The van der Waals surface area contributed by atoms with Gasteiger partial charge in [-0.25, -0.2) is 0 Å². The number of benzene rings is 2. The van der Waals surface area contributed by atoms with Crippen LogP contribution in [0.1, 0.15) is 16.7 Å². The average Bonchev–Trinajstić information content (AvgIpc) is 3.14. The van der Waals surface area contributed by atoms with Crippen LogP contribution in [0, 0.1) is 0 Å². The number of amides is 1. The molecule has 0 bridgehead atoms. The van der Waals surface area contributed by atoms with E-state index < -0.39 is 0 Å². The second-order valence-electron chi connectivity index (χ2n) is 6.90. The standard InChI is InChI=1S/C21H21ClN4O/c1-26-13-16-5-3-2-4-15(16)10-19(26)21(27)23-11-17-12-24-25-20(17)14-6-8-18(22)9-7-14/h2-9,12,19H,10-11,13H2,1H3,(H,23,27)(H,24,25)/t19-/m1/s1. The van der Waals surface area contributed by atoms with E-state index in [1.54, 1.807) is 6.20 Å². The van der Waals surface area contributed by atoms with Crippen molar-refractivity contribution in [1.82, 2.24) is 20.4 Å². The maximum absolute atomic E-state index is 12.8. The Labute approximate surface area is 163 Å². The first kappa shape index (κ1) is 17.8. The summed E-state index contributed by atoms with van der Waals surface area (Å²) >= 11 is 5.96. The van der Waals surface area contributed by atoms with Crippen molar-refractivity contribution in [2.24, 2.45) is 0 Å². The molecule has 1 aromatic heterocycles. The average molecular weight is 381 g/mol. The van der Waals surface area contributed by atoms with Gasteiger partial charge in [0, 0.05) is 23.7 Å². The molecule has 0 unspecified atom stereocenters. The zero-order valence-electron chi connectivity index (χ0n) is 15.1. The molecule has 0 saturated carbocycles. The molecule has 1 aliphatic rings. The topological polar surface area (TPSA) is 61.0 Å². The Hall–Kier alpha value is -2.63. The summed E-state index contributed by atoms with van der Waals surface area (Å²) in [4.78, 5) is 14.9. The van der Waals surface area contributed by atoms with Gasteiger partial charge in [0.2, 0.25) is 5.91 Å². The Morgan fingerprint density at radius 2 is 1.96 bits per heavy atom. The maximum Gasteiger partial charge on any atom is 0.237 e. The van der Waals surface area contributed by atoms with Gasteiger partial charge in [-0.05, 0) is 42.3 Å². The van der Waals surface area contributed by atoms with Gasteiger partial charge in [-0.15, -0.1) is 0 Å². The summed E-state index contributed by atoms with van der Waals surface area (Å²) < 4.78 is 0. The first-order valence-corrected chi connectivity index (χ1v) is 9.32. The highest BCUT2D eigenvalue weighted by atomic mass is 35.5. The van der Waals surface area contributed by atoms with E-state index in [1.165, 1.54) is 11.1 Å². The molecule has 4 rings (SSSR count). The zero-order chi connectivity index (χ0) is 18.8. The number of H-pyrrole nitrogens is 1. The van der Waals surface area contributed by atoms with Crippen LogP contribution in [0.5, 0.6) is 0 Å². The molecule has 0 spiro atoms. The Kier molecular flexibility index (Phi) is 4.97. The molecule has 27 heavy (non-hydrogen) atoms. The Morgan fingerprint density at radius 1 is 1.22 bits per heavy atom. The predicted molar refractivity (Wildman–Crippen MR) is 106 cm³/mol. The van der Waals surface area contributed by atoms with Gasteiger partial charge in [0.05, 0.1) is 17.9 Å². The van der Waals surface area contributed by atoms with Crippen molar-refractivity contribution < 1.29 is 4.79 Å². The number of carbonyl (C=O) groups excluding carboxylic acids is 1. The number of nitrogens with one attached hydrogen (secondary N) is 2. The first-order valence-electron chi connectivity index (χ1n) is 8.95. The second-order valence-corrected chi connectivity index (χ2v) is 7.34. The van der Waals surface area contributed by atoms with Crippen LogP contribution in [-0.4, -0.2) is 34.1 Å². The largest absolute Gasteiger partial charge is 0.351 e. The van der Waals surface area contributed by atoms with Crippen LogP contribution < -0.4 is 5.32 Å². The van der Waals surface area contributed by atoms with Crippen molar-refractivity contribution in [3.05, 3.63) is 76.4 Å². The van der Waals surface area contributed by atoms with E-state index in [9.17, 15) is 4.79 Å². The third kappa shape index (κ3) is 3.75. The summed E-state index contributed by atoms with van der Waals surface area (Å²) in [6.45, 7) is 1.22. The molecule has 2 aromatic carbocycles. The lowest BCUT2D eigenvalue weighted by Crippen LogP contribution is -2.48. The second kappa shape index (κ2) is 7.55. The molecule has 2 N–H and O–H groups in total. The third-order valence-corrected chi connectivity index (χ3v) is 5.34. The number of nitrogens with zero attached hydrogens (tertiary/aromatic N) is 2. The number of aromatic nitrogens is 2. The van der Waals surface area contributed by atoms with Gasteiger partial charge < -0.3 is 5.32 Å². The Balaban J connectivity index is 1.45. The molecule has 138 valence electrons. The number of halogens is 1. The van der Waals surface area contributed by atoms with E-state index in [0.29, 0.717) is 11.6 Å². The van der Waals surface area contributed by atoms with Crippen LogP contribution in [0.25, 0.3) is 11.3 Å². The fraction of sp³-hybridized carbons (Fsp3) is 0.238. The molecule has 0 saturated heterocycles. The number of fused-ring (bicyclic) bond motifs is 1. The van der Waals surface area contributed by atoms with Gasteiger partial charge in [-0.2, -0.15) is 5.10 Å².